The van der Waals surface area contributed by atoms with Crippen molar-refractivity contribution in [3.63, 3.8) is 0 Å². The van der Waals surface area contributed by atoms with E-state index in [2.05, 4.69) is 0 Å². The first-order valence-electron chi connectivity index (χ1n) is 4.41. The van der Waals surface area contributed by atoms with Crippen LogP contribution in [0.4, 0.5) is 0 Å². The fourth-order valence-corrected chi connectivity index (χ4v) is 1.49. The average molecular weight is 184 g/mol. The Morgan fingerprint density at radius 3 is 2.15 bits per heavy atom. The van der Waals surface area contributed by atoms with Crippen molar-refractivity contribution in [3.05, 3.63) is 10.4 Å². The molecule has 74 valence electrons. The molecule has 0 saturated heterocycles. The van der Waals surface area contributed by atoms with E-state index in [9.17, 15) is 10.4 Å². The van der Waals surface area contributed by atoms with Gasteiger partial charge in [-0.15, -0.1) is 0 Å². The average Bonchev–Trinajstić information content (AvgIpc) is 2.09. The molecule has 0 amide bonds. The van der Waals surface area contributed by atoms with Crippen LogP contribution in [0.1, 0.15) is 34.6 Å². The van der Waals surface area contributed by atoms with Gasteiger partial charge in [0, 0.05) is 34.6 Å². The van der Waals surface area contributed by atoms with Crippen LogP contribution < -0.4 is 0 Å². The van der Waals surface area contributed by atoms with E-state index >= 15 is 0 Å². The summed E-state index contributed by atoms with van der Waals surface area (Å²) in [5, 5.41) is 23.3. The van der Waals surface area contributed by atoms with Crippen LogP contribution in [0.2, 0.25) is 0 Å². The molecule has 0 saturated carbocycles. The van der Waals surface area contributed by atoms with Gasteiger partial charge in [0.1, 0.15) is 0 Å². The van der Waals surface area contributed by atoms with Crippen molar-refractivity contribution in [2.24, 2.45) is 0 Å². The van der Waals surface area contributed by atoms with Gasteiger partial charge in [-0.25, -0.2) is 0 Å². The van der Waals surface area contributed by atoms with Crippen LogP contribution in [0, 0.1) is 10.4 Å². The summed E-state index contributed by atoms with van der Waals surface area (Å²) in [5.41, 5.74) is 0.435. The van der Waals surface area contributed by atoms with E-state index in [1.807, 2.05) is 0 Å². The first kappa shape index (κ1) is 10.0. The number of hydrogen-bond donors (Lipinski definition) is 0. The van der Waals surface area contributed by atoms with Crippen LogP contribution in [0.3, 0.4) is 0 Å². The first-order chi connectivity index (χ1) is 5.80. The molecule has 0 unspecified atom stereocenters. The van der Waals surface area contributed by atoms with E-state index in [1.54, 1.807) is 34.6 Å². The summed E-state index contributed by atoms with van der Waals surface area (Å²) >= 11 is 0. The quantitative estimate of drug-likeness (QED) is 0.418. The molecule has 0 radical (unpaired) electrons. The molecule has 0 spiro atoms. The van der Waals surface area contributed by atoms with Crippen LogP contribution in [-0.2, 0) is 0 Å². The van der Waals surface area contributed by atoms with Gasteiger partial charge >= 0.3 is 0 Å². The van der Waals surface area contributed by atoms with Crippen molar-refractivity contribution in [1.29, 1.82) is 0 Å². The molecule has 0 aromatic rings. The maximum atomic E-state index is 11.7. The monoisotopic (exact) mass is 184 g/mol. The summed E-state index contributed by atoms with van der Waals surface area (Å²) in [4.78, 5) is 0. The molecular formula is C9H16N2O2. The molecule has 4 heteroatoms. The van der Waals surface area contributed by atoms with E-state index in [0.717, 1.165) is 9.48 Å². The lowest BCUT2D eigenvalue weighted by Gasteiger charge is -2.31. The zero-order valence-electron chi connectivity index (χ0n) is 8.79. The molecule has 0 fully saturated rings. The fraction of sp³-hybridized carbons (Fsp3) is 0.778. The fourth-order valence-electron chi connectivity index (χ4n) is 1.49. The lowest BCUT2D eigenvalue weighted by Crippen LogP contribution is -2.54. The van der Waals surface area contributed by atoms with Crippen LogP contribution >= 0.6 is 0 Å². The van der Waals surface area contributed by atoms with E-state index < -0.39 is 5.54 Å². The summed E-state index contributed by atoms with van der Waals surface area (Å²) in [6, 6.07) is -0.342. The van der Waals surface area contributed by atoms with Gasteiger partial charge < -0.3 is 10.4 Å². The molecule has 13 heavy (non-hydrogen) atoms. The lowest BCUT2D eigenvalue weighted by atomic mass is 9.96. The molecule has 1 aliphatic heterocycles. The third kappa shape index (κ3) is 1.20. The minimum Gasteiger partial charge on any atom is -0.623 e. The predicted molar refractivity (Wildman–Crippen MR) is 52.2 cm³/mol. The van der Waals surface area contributed by atoms with Crippen LogP contribution in [-0.4, -0.2) is 32.5 Å². The van der Waals surface area contributed by atoms with Gasteiger partial charge in [0.2, 0.25) is 23.0 Å². The number of rotatable bonds is 0. The van der Waals surface area contributed by atoms with Gasteiger partial charge in [0.15, 0.2) is 0 Å². The second kappa shape index (κ2) is 2.72. The Kier molecular flexibility index (Phi) is 2.10. The van der Waals surface area contributed by atoms with Gasteiger partial charge in [-0.2, -0.15) is 9.48 Å². The van der Waals surface area contributed by atoms with Gasteiger partial charge in [0.25, 0.3) is 0 Å². The van der Waals surface area contributed by atoms with Crippen molar-refractivity contribution < 1.29 is 9.48 Å². The van der Waals surface area contributed by atoms with Crippen molar-refractivity contribution in [2.75, 3.05) is 0 Å². The Balaban J connectivity index is 3.30. The van der Waals surface area contributed by atoms with Gasteiger partial charge in [0.05, 0.1) is 0 Å². The van der Waals surface area contributed by atoms with Crippen LogP contribution in [0.25, 0.3) is 0 Å². The minimum absolute atomic E-state index is 0.342. The molecule has 0 N–H and O–H groups in total. The summed E-state index contributed by atoms with van der Waals surface area (Å²) in [6.07, 6.45) is 0. The zero-order chi connectivity index (χ0) is 10.4. The lowest BCUT2D eigenvalue weighted by molar-refractivity contribution is -0.580. The first-order valence-corrected chi connectivity index (χ1v) is 4.41. The van der Waals surface area contributed by atoms with Crippen molar-refractivity contribution in [2.45, 2.75) is 46.2 Å². The Morgan fingerprint density at radius 1 is 1.23 bits per heavy atom. The maximum absolute atomic E-state index is 11.7. The molecular weight excluding hydrogens is 168 g/mol. The van der Waals surface area contributed by atoms with Crippen molar-refractivity contribution in [1.82, 2.24) is 0 Å². The summed E-state index contributed by atoms with van der Waals surface area (Å²) in [6.45, 7) is 8.68. The number of hydroxylamine groups is 2. The maximum Gasteiger partial charge on any atom is 0.246 e. The highest BCUT2D eigenvalue weighted by Gasteiger charge is 2.44. The second-order valence-electron chi connectivity index (χ2n) is 4.08. The smallest absolute Gasteiger partial charge is 0.246 e. The zero-order valence-corrected chi connectivity index (χ0v) is 8.79. The molecule has 4 nitrogen and oxygen atoms in total. The Hall–Kier alpha value is -1.06. The van der Waals surface area contributed by atoms with E-state index in [4.69, 9.17) is 0 Å². The van der Waals surface area contributed by atoms with Crippen LogP contribution in [0.5, 0.6) is 0 Å². The Morgan fingerprint density at radius 2 is 1.69 bits per heavy atom. The summed E-state index contributed by atoms with van der Waals surface area (Å²) < 4.78 is 1.85. The SMILES string of the molecule is CC1=[N+]([O-])[C@H](C)C(C)=[N+]([O-])C1(C)C. The molecule has 0 bridgehead atoms. The minimum atomic E-state index is -0.710. The highest BCUT2D eigenvalue weighted by Crippen LogP contribution is 2.17. The topological polar surface area (TPSA) is 52.1 Å². The predicted octanol–water partition coefficient (Wildman–Crippen LogP) is 1.11. The molecule has 0 aliphatic carbocycles. The third-order valence-electron chi connectivity index (χ3n) is 3.00. The summed E-state index contributed by atoms with van der Waals surface area (Å²) in [7, 11) is 0. The molecule has 0 aromatic carbocycles. The number of hydrogen-bond acceptors (Lipinski definition) is 2. The van der Waals surface area contributed by atoms with Gasteiger partial charge in [-0.3, -0.25) is 0 Å². The molecule has 0 aromatic heterocycles. The van der Waals surface area contributed by atoms with Crippen molar-refractivity contribution in [3.8, 4) is 0 Å². The highest BCUT2D eigenvalue weighted by atomic mass is 16.5. The largest absolute Gasteiger partial charge is 0.623 e. The molecule has 1 heterocycles. The van der Waals surface area contributed by atoms with E-state index in [1.165, 1.54) is 0 Å². The van der Waals surface area contributed by atoms with Gasteiger partial charge in [-0.05, 0) is 0 Å². The van der Waals surface area contributed by atoms with Crippen molar-refractivity contribution >= 4 is 11.4 Å². The second-order valence-corrected chi connectivity index (χ2v) is 4.08. The van der Waals surface area contributed by atoms with E-state index in [0.29, 0.717) is 11.4 Å². The molecule has 1 aliphatic rings. The van der Waals surface area contributed by atoms with Gasteiger partial charge in [-0.1, -0.05) is 0 Å². The van der Waals surface area contributed by atoms with E-state index in [-0.39, 0.29) is 6.04 Å². The molecule has 1 rings (SSSR count). The Bertz CT molecular complexity index is 275. The number of nitrogens with zero attached hydrogens (tertiary/aromatic N) is 2. The highest BCUT2D eigenvalue weighted by molar-refractivity contribution is 5.91. The third-order valence-corrected chi connectivity index (χ3v) is 3.00. The normalized spacial score (nSPS) is 28.2. The standard InChI is InChI=1S/C9H16N2O2/c1-6-7(2)11(13)9(4,5)8(3)10(6)12/h6H,1-5H3/t6-/m1/s1. The Labute approximate surface area is 78.4 Å². The van der Waals surface area contributed by atoms with Crippen LogP contribution in [0.15, 0.2) is 0 Å². The summed E-state index contributed by atoms with van der Waals surface area (Å²) in [5.74, 6) is 0. The molecule has 1 atom stereocenters.